The van der Waals surface area contributed by atoms with E-state index in [4.69, 9.17) is 14.6 Å². The predicted molar refractivity (Wildman–Crippen MR) is 123 cm³/mol. The smallest absolute Gasteiger partial charge is 0.423 e. The van der Waals surface area contributed by atoms with E-state index in [1.165, 1.54) is 5.56 Å². The van der Waals surface area contributed by atoms with Crippen LogP contribution in [0, 0.1) is 5.92 Å². The minimum Gasteiger partial charge on any atom is -0.454 e. The summed E-state index contributed by atoms with van der Waals surface area (Å²) in [5.41, 5.74) is 1.23. The Morgan fingerprint density at radius 3 is 2.53 bits per heavy atom. The van der Waals surface area contributed by atoms with Crippen molar-refractivity contribution in [3.8, 4) is 11.5 Å². The molecule has 2 N–H and O–H groups in total. The van der Waals surface area contributed by atoms with Gasteiger partial charge in [0.1, 0.15) is 0 Å². The summed E-state index contributed by atoms with van der Waals surface area (Å²) in [4.78, 5) is 14.0. The number of benzene rings is 1. The van der Waals surface area contributed by atoms with Crippen LogP contribution in [0.2, 0.25) is 0 Å². The number of nitrogens with zero attached hydrogens (tertiary/aromatic N) is 1. The van der Waals surface area contributed by atoms with Crippen LogP contribution in [0.5, 0.6) is 11.5 Å². The van der Waals surface area contributed by atoms with E-state index in [9.17, 15) is 18.0 Å². The molecule has 190 valence electrons. The number of amides is 1. The first-order valence-corrected chi connectivity index (χ1v) is 12.2. The number of rotatable bonds is 6. The van der Waals surface area contributed by atoms with Gasteiger partial charge in [-0.25, -0.2) is 0 Å². The quantitative estimate of drug-likeness (QED) is 0.587. The first kappa shape index (κ1) is 26.3. The van der Waals surface area contributed by atoms with Gasteiger partial charge in [-0.3, -0.25) is 4.79 Å². The zero-order chi connectivity index (χ0) is 24.7. The van der Waals surface area contributed by atoms with Gasteiger partial charge in [-0.15, -0.1) is 0 Å². The molecule has 6 nitrogen and oxygen atoms in total. The van der Waals surface area contributed by atoms with Crippen molar-refractivity contribution in [1.82, 2.24) is 10.2 Å². The maximum atomic E-state index is 12.4. The van der Waals surface area contributed by atoms with E-state index in [1.54, 1.807) is 6.08 Å². The first-order chi connectivity index (χ1) is 16.3. The van der Waals surface area contributed by atoms with Crippen molar-refractivity contribution >= 4 is 5.91 Å². The summed E-state index contributed by atoms with van der Waals surface area (Å²) in [6.45, 7) is 7.28. The Kier molecular flexibility index (Phi) is 9.24. The van der Waals surface area contributed by atoms with Crippen LogP contribution in [0.25, 0.3) is 0 Å². The molecular formula is C25H35F3N2O4. The number of alkyl halides is 3. The van der Waals surface area contributed by atoms with Gasteiger partial charge in [0.15, 0.2) is 11.5 Å². The number of ether oxygens (including phenoxy) is 2. The van der Waals surface area contributed by atoms with Gasteiger partial charge in [0.05, 0.1) is 0 Å². The maximum Gasteiger partial charge on any atom is 0.423 e. The van der Waals surface area contributed by atoms with Crippen molar-refractivity contribution in [3.63, 3.8) is 0 Å². The summed E-state index contributed by atoms with van der Waals surface area (Å²) in [5, 5.41) is 11.3. The van der Waals surface area contributed by atoms with E-state index in [0.717, 1.165) is 56.8 Å². The Labute approximate surface area is 199 Å². The number of halogens is 3. The van der Waals surface area contributed by atoms with Gasteiger partial charge >= 0.3 is 6.18 Å². The molecule has 1 aromatic carbocycles. The standard InChI is InChI=1S/C23H29F3N2O4.C2H6/c24-23(25,26)21(29)22(30)27-17-6-4-15(5-7-17)8-11-28-12-9-16(10-13-28)18-2-1-3-19-20(18)32-14-31-19;1-2/h1-4,6,15-17,21,29H,5,7-14H2,(H,27,30);1-2H3/t15-,17?,21?;/m1./s1. The zero-order valence-electron chi connectivity index (χ0n) is 19.8. The number of likely N-dealkylation sites (tertiary alicyclic amines) is 1. The summed E-state index contributed by atoms with van der Waals surface area (Å²) in [7, 11) is 0. The van der Waals surface area contributed by atoms with Crippen LogP contribution in [-0.2, 0) is 4.79 Å². The molecule has 1 fully saturated rings. The highest BCUT2D eigenvalue weighted by molar-refractivity contribution is 5.81. The van der Waals surface area contributed by atoms with Crippen LogP contribution >= 0.6 is 0 Å². The lowest BCUT2D eigenvalue weighted by atomic mass is 9.87. The summed E-state index contributed by atoms with van der Waals surface area (Å²) < 4.78 is 48.4. The number of piperidine rings is 1. The van der Waals surface area contributed by atoms with Crippen molar-refractivity contribution in [2.24, 2.45) is 5.92 Å². The molecule has 3 aliphatic rings. The van der Waals surface area contributed by atoms with Gasteiger partial charge in [0.2, 0.25) is 12.9 Å². The Bertz CT molecular complexity index is 838. The van der Waals surface area contributed by atoms with Crippen molar-refractivity contribution < 1.29 is 32.5 Å². The lowest BCUT2D eigenvalue weighted by Gasteiger charge is -2.33. The molecule has 2 aliphatic heterocycles. The monoisotopic (exact) mass is 484 g/mol. The topological polar surface area (TPSA) is 71.0 Å². The van der Waals surface area contributed by atoms with Gasteiger partial charge < -0.3 is 24.8 Å². The number of aliphatic hydroxyl groups is 1. The SMILES string of the molecule is CC.O=C(NC1C=C[C@@H](CCN2CCC(c3cccc4c3OCO4)CC2)CC1)C(O)C(F)(F)F. The predicted octanol–water partition coefficient (Wildman–Crippen LogP) is 4.39. The number of nitrogens with one attached hydrogen (secondary N) is 1. The Hall–Kier alpha value is -2.26. The largest absolute Gasteiger partial charge is 0.454 e. The molecule has 0 spiro atoms. The number of carbonyl (C=O) groups excluding carboxylic acids is 1. The van der Waals surface area contributed by atoms with E-state index >= 15 is 0 Å². The van der Waals surface area contributed by atoms with Gasteiger partial charge in [-0.05, 0) is 69.6 Å². The van der Waals surface area contributed by atoms with Crippen LogP contribution < -0.4 is 14.8 Å². The summed E-state index contributed by atoms with van der Waals surface area (Å²) in [6, 6.07) is 5.62. The van der Waals surface area contributed by atoms with Crippen LogP contribution in [0.15, 0.2) is 30.4 Å². The van der Waals surface area contributed by atoms with E-state index in [-0.39, 0.29) is 6.79 Å². The second-order valence-electron chi connectivity index (χ2n) is 8.77. The summed E-state index contributed by atoms with van der Waals surface area (Å²) in [5.74, 6) is 1.14. The van der Waals surface area contributed by atoms with Crippen molar-refractivity contribution in [3.05, 3.63) is 35.9 Å². The number of hydrogen-bond donors (Lipinski definition) is 2. The number of allylic oxidation sites excluding steroid dienone is 1. The second-order valence-corrected chi connectivity index (χ2v) is 8.77. The molecule has 1 amide bonds. The van der Waals surface area contributed by atoms with E-state index in [0.29, 0.717) is 18.3 Å². The molecule has 1 aliphatic carbocycles. The van der Waals surface area contributed by atoms with Crippen molar-refractivity contribution in [2.75, 3.05) is 26.4 Å². The molecule has 3 atom stereocenters. The molecule has 1 aromatic rings. The minimum absolute atomic E-state index is 0.285. The third-order valence-electron chi connectivity index (χ3n) is 6.62. The maximum absolute atomic E-state index is 12.4. The van der Waals surface area contributed by atoms with Gasteiger partial charge in [0, 0.05) is 11.6 Å². The van der Waals surface area contributed by atoms with Crippen molar-refractivity contribution in [1.29, 1.82) is 0 Å². The molecule has 2 heterocycles. The normalized spacial score (nSPS) is 23.7. The number of fused-ring (bicyclic) bond motifs is 1. The Balaban J connectivity index is 0.00000158. The molecule has 0 aromatic heterocycles. The Morgan fingerprint density at radius 2 is 1.88 bits per heavy atom. The molecule has 2 unspecified atom stereocenters. The van der Waals surface area contributed by atoms with E-state index < -0.39 is 24.2 Å². The number of hydrogen-bond acceptors (Lipinski definition) is 5. The highest BCUT2D eigenvalue weighted by Crippen LogP contribution is 2.42. The average molecular weight is 485 g/mol. The molecule has 4 rings (SSSR count). The van der Waals surface area contributed by atoms with Gasteiger partial charge in [0.25, 0.3) is 5.91 Å². The molecule has 0 bridgehead atoms. The van der Waals surface area contributed by atoms with Crippen molar-refractivity contribution in [2.45, 2.75) is 70.2 Å². The fraction of sp³-hybridized carbons (Fsp3) is 0.640. The third-order valence-corrected chi connectivity index (χ3v) is 6.62. The molecular weight excluding hydrogens is 449 g/mol. The zero-order valence-corrected chi connectivity index (χ0v) is 19.8. The third kappa shape index (κ3) is 6.66. The number of para-hydroxylation sites is 1. The fourth-order valence-electron chi connectivity index (χ4n) is 4.74. The highest BCUT2D eigenvalue weighted by atomic mass is 19.4. The molecule has 9 heteroatoms. The second kappa shape index (κ2) is 11.9. The number of aliphatic hydroxyl groups excluding tert-OH is 1. The summed E-state index contributed by atoms with van der Waals surface area (Å²) in [6.07, 6.45) is 0.281. The lowest BCUT2D eigenvalue weighted by molar-refractivity contribution is -0.205. The highest BCUT2D eigenvalue weighted by Gasteiger charge is 2.44. The average Bonchev–Trinajstić information content (AvgIpc) is 3.33. The van der Waals surface area contributed by atoms with E-state index in [2.05, 4.69) is 16.3 Å². The van der Waals surface area contributed by atoms with E-state index in [1.807, 2.05) is 32.1 Å². The molecule has 0 radical (unpaired) electrons. The van der Waals surface area contributed by atoms with Gasteiger partial charge in [-0.2, -0.15) is 13.2 Å². The van der Waals surface area contributed by atoms with Gasteiger partial charge in [-0.1, -0.05) is 38.1 Å². The summed E-state index contributed by atoms with van der Waals surface area (Å²) >= 11 is 0. The molecule has 34 heavy (non-hydrogen) atoms. The lowest BCUT2D eigenvalue weighted by Crippen LogP contribution is -2.47. The van der Waals surface area contributed by atoms with Crippen LogP contribution in [-0.4, -0.2) is 60.7 Å². The fourth-order valence-corrected chi connectivity index (χ4v) is 4.74. The van der Waals surface area contributed by atoms with Crippen LogP contribution in [0.3, 0.4) is 0 Å². The molecule has 0 saturated carbocycles. The number of carbonyl (C=O) groups is 1. The van der Waals surface area contributed by atoms with Crippen LogP contribution in [0.1, 0.15) is 57.4 Å². The molecule has 1 saturated heterocycles. The Morgan fingerprint density at radius 1 is 1.15 bits per heavy atom. The first-order valence-electron chi connectivity index (χ1n) is 12.2. The minimum atomic E-state index is -4.94. The van der Waals surface area contributed by atoms with Crippen LogP contribution in [0.4, 0.5) is 13.2 Å².